The zero-order chi connectivity index (χ0) is 20.4. The molecule has 2 fully saturated rings. The van der Waals surface area contributed by atoms with E-state index in [0.717, 1.165) is 50.7 Å². The molecule has 0 unspecified atom stereocenters. The van der Waals surface area contributed by atoms with Crippen LogP contribution in [0.3, 0.4) is 0 Å². The van der Waals surface area contributed by atoms with Crippen LogP contribution in [0, 0.1) is 19.8 Å². The zero-order valence-electron chi connectivity index (χ0n) is 17.5. The number of nitrogens with zero attached hydrogens (tertiary/aromatic N) is 5. The van der Waals surface area contributed by atoms with Crippen LogP contribution in [-0.4, -0.2) is 68.1 Å². The molecule has 2 N–H and O–H groups in total. The van der Waals surface area contributed by atoms with Gasteiger partial charge in [0, 0.05) is 56.6 Å². The molecule has 9 nitrogen and oxygen atoms in total. The van der Waals surface area contributed by atoms with Gasteiger partial charge in [0.05, 0.1) is 18.2 Å². The number of ether oxygens (including phenoxy) is 1. The van der Waals surface area contributed by atoms with Gasteiger partial charge in [-0.3, -0.25) is 19.5 Å². The highest BCUT2D eigenvalue weighted by Crippen LogP contribution is 2.28. The molecule has 0 bridgehead atoms. The van der Waals surface area contributed by atoms with Crippen LogP contribution in [0.1, 0.15) is 48.6 Å². The lowest BCUT2D eigenvalue weighted by Gasteiger charge is -2.25. The summed E-state index contributed by atoms with van der Waals surface area (Å²) in [7, 11) is 0. The Morgan fingerprint density at radius 2 is 2.10 bits per heavy atom. The van der Waals surface area contributed by atoms with Crippen molar-refractivity contribution < 1.29 is 9.53 Å². The summed E-state index contributed by atoms with van der Waals surface area (Å²) in [5.74, 6) is 1.83. The Labute approximate surface area is 171 Å². The Morgan fingerprint density at radius 1 is 1.31 bits per heavy atom. The van der Waals surface area contributed by atoms with Crippen LogP contribution in [0.5, 0.6) is 0 Å². The number of amides is 1. The summed E-state index contributed by atoms with van der Waals surface area (Å²) in [5.41, 5.74) is 2.43. The maximum Gasteiger partial charge on any atom is 0.223 e. The molecule has 2 saturated heterocycles. The average molecular weight is 402 g/mol. The number of aromatic amines is 1. The van der Waals surface area contributed by atoms with Crippen molar-refractivity contribution in [2.75, 3.05) is 26.3 Å². The summed E-state index contributed by atoms with van der Waals surface area (Å²) in [6, 6.07) is 0.00192. The number of hydrogen-bond acceptors (Lipinski definition) is 6. The lowest BCUT2D eigenvalue weighted by Crippen LogP contribution is -2.44. The third kappa shape index (κ3) is 4.35. The van der Waals surface area contributed by atoms with Crippen molar-refractivity contribution in [1.29, 1.82) is 0 Å². The minimum Gasteiger partial charge on any atom is -0.381 e. The molecule has 1 amide bonds. The maximum absolute atomic E-state index is 12.9. The number of hydrogen-bond donors (Lipinski definition) is 2. The van der Waals surface area contributed by atoms with Crippen LogP contribution < -0.4 is 5.32 Å². The van der Waals surface area contributed by atoms with E-state index >= 15 is 0 Å². The van der Waals surface area contributed by atoms with Gasteiger partial charge in [0.25, 0.3) is 0 Å². The highest BCUT2D eigenvalue weighted by atomic mass is 16.5. The molecule has 158 valence electrons. The minimum atomic E-state index is 0.00192. The fraction of sp³-hybridized carbons (Fsp3) is 0.700. The number of likely N-dealkylation sites (tertiary alicyclic amines) is 1. The van der Waals surface area contributed by atoms with Gasteiger partial charge in [-0.1, -0.05) is 0 Å². The second kappa shape index (κ2) is 8.62. The second-order valence-corrected chi connectivity index (χ2v) is 8.15. The molecule has 2 atom stereocenters. The molecule has 2 aliphatic heterocycles. The number of H-pyrrole nitrogens is 1. The van der Waals surface area contributed by atoms with Gasteiger partial charge in [0.2, 0.25) is 5.91 Å². The van der Waals surface area contributed by atoms with Gasteiger partial charge in [-0.05, 0) is 33.6 Å². The Morgan fingerprint density at radius 3 is 2.76 bits per heavy atom. The standard InChI is InChI=1S/C20H31N7O2/c1-4-27-13(2)16(9-21-27)10-26-11-17(19-22-14(3)24-25-19)18(12-26)23-20(28)15-5-7-29-8-6-15/h9,15,17-18H,4-8,10-12H2,1-3H3,(H,23,28)(H,22,24,25)/t17-,18-/m1/s1. The molecule has 0 spiro atoms. The summed E-state index contributed by atoms with van der Waals surface area (Å²) in [6.45, 7) is 10.7. The van der Waals surface area contributed by atoms with E-state index in [1.54, 1.807) is 0 Å². The minimum absolute atomic E-state index is 0.00192. The van der Waals surface area contributed by atoms with E-state index in [1.807, 2.05) is 17.8 Å². The van der Waals surface area contributed by atoms with Gasteiger partial charge in [-0.15, -0.1) is 0 Å². The highest BCUT2D eigenvalue weighted by molar-refractivity contribution is 5.79. The molecule has 0 radical (unpaired) electrons. The second-order valence-electron chi connectivity index (χ2n) is 8.15. The van der Waals surface area contributed by atoms with Crippen LogP contribution in [0.2, 0.25) is 0 Å². The number of carbonyl (C=O) groups is 1. The first kappa shape index (κ1) is 20.0. The summed E-state index contributed by atoms with van der Waals surface area (Å²) in [6.07, 6.45) is 3.54. The Kier molecular flexibility index (Phi) is 5.96. The fourth-order valence-electron chi connectivity index (χ4n) is 4.41. The first-order valence-electron chi connectivity index (χ1n) is 10.6. The van der Waals surface area contributed by atoms with E-state index < -0.39 is 0 Å². The van der Waals surface area contributed by atoms with E-state index in [1.165, 1.54) is 11.3 Å². The Bertz CT molecular complexity index is 840. The van der Waals surface area contributed by atoms with Crippen LogP contribution in [0.15, 0.2) is 6.20 Å². The molecule has 4 rings (SSSR count). The monoisotopic (exact) mass is 401 g/mol. The average Bonchev–Trinajstić information content (AvgIpc) is 3.42. The Balaban J connectivity index is 1.48. The lowest BCUT2D eigenvalue weighted by molar-refractivity contribution is -0.128. The smallest absolute Gasteiger partial charge is 0.223 e. The third-order valence-corrected chi connectivity index (χ3v) is 6.16. The molecule has 0 saturated carbocycles. The van der Waals surface area contributed by atoms with Gasteiger partial charge in [-0.25, -0.2) is 4.98 Å². The number of nitrogens with one attached hydrogen (secondary N) is 2. The molecule has 2 aromatic rings. The lowest BCUT2D eigenvalue weighted by atomic mass is 9.97. The molecule has 4 heterocycles. The molecular weight excluding hydrogens is 370 g/mol. The first-order chi connectivity index (χ1) is 14.0. The van der Waals surface area contributed by atoms with Crippen LogP contribution >= 0.6 is 0 Å². The zero-order valence-corrected chi connectivity index (χ0v) is 17.5. The summed E-state index contributed by atoms with van der Waals surface area (Å²) in [4.78, 5) is 19.8. The van der Waals surface area contributed by atoms with E-state index in [-0.39, 0.29) is 23.8 Å². The largest absolute Gasteiger partial charge is 0.381 e. The number of aryl methyl sites for hydroxylation is 2. The quantitative estimate of drug-likeness (QED) is 0.753. The van der Waals surface area contributed by atoms with E-state index in [2.05, 4.69) is 44.3 Å². The normalized spacial score (nSPS) is 23.6. The number of aromatic nitrogens is 5. The van der Waals surface area contributed by atoms with Gasteiger partial charge in [-0.2, -0.15) is 10.2 Å². The third-order valence-electron chi connectivity index (χ3n) is 6.16. The van der Waals surface area contributed by atoms with Crippen LogP contribution in [-0.2, 0) is 22.6 Å². The highest BCUT2D eigenvalue weighted by Gasteiger charge is 2.38. The topological polar surface area (TPSA) is 101 Å². The van der Waals surface area contributed by atoms with Gasteiger partial charge in [0.15, 0.2) is 5.82 Å². The van der Waals surface area contributed by atoms with Crippen molar-refractivity contribution in [3.63, 3.8) is 0 Å². The molecule has 2 aliphatic rings. The summed E-state index contributed by atoms with van der Waals surface area (Å²) >= 11 is 0. The van der Waals surface area contributed by atoms with Crippen molar-refractivity contribution >= 4 is 5.91 Å². The molecule has 0 aliphatic carbocycles. The Hall–Kier alpha value is -2.26. The van der Waals surface area contributed by atoms with Crippen molar-refractivity contribution in [3.8, 4) is 0 Å². The molecule has 9 heteroatoms. The maximum atomic E-state index is 12.9. The summed E-state index contributed by atoms with van der Waals surface area (Å²) < 4.78 is 7.42. The predicted octanol–water partition coefficient (Wildman–Crippen LogP) is 1.15. The molecule has 29 heavy (non-hydrogen) atoms. The van der Waals surface area contributed by atoms with Crippen molar-refractivity contribution in [3.05, 3.63) is 29.1 Å². The van der Waals surface area contributed by atoms with Crippen molar-refractivity contribution in [2.45, 2.75) is 58.7 Å². The van der Waals surface area contributed by atoms with E-state index in [9.17, 15) is 4.79 Å². The van der Waals surface area contributed by atoms with E-state index in [4.69, 9.17) is 4.74 Å². The van der Waals surface area contributed by atoms with Crippen molar-refractivity contribution in [1.82, 2.24) is 35.2 Å². The number of rotatable bonds is 6. The first-order valence-corrected chi connectivity index (χ1v) is 10.6. The summed E-state index contributed by atoms with van der Waals surface area (Å²) in [5, 5.41) is 15.1. The number of carbonyl (C=O) groups excluding carboxylic acids is 1. The SMILES string of the molecule is CCn1ncc(CN2C[C@@H](NC(=O)C3CCOCC3)[C@H](c3n[nH]c(C)n3)C2)c1C. The van der Waals surface area contributed by atoms with Gasteiger partial charge in [0.1, 0.15) is 5.82 Å². The molecule has 0 aromatic carbocycles. The van der Waals surface area contributed by atoms with Crippen molar-refractivity contribution in [2.24, 2.45) is 5.92 Å². The van der Waals surface area contributed by atoms with Gasteiger partial charge >= 0.3 is 0 Å². The molecule has 2 aromatic heterocycles. The molecular formula is C20H31N7O2. The van der Waals surface area contributed by atoms with Crippen LogP contribution in [0.4, 0.5) is 0 Å². The van der Waals surface area contributed by atoms with Crippen LogP contribution in [0.25, 0.3) is 0 Å². The fourth-order valence-corrected chi connectivity index (χ4v) is 4.41. The van der Waals surface area contributed by atoms with E-state index in [0.29, 0.717) is 13.2 Å². The predicted molar refractivity (Wildman–Crippen MR) is 107 cm³/mol. The van der Waals surface area contributed by atoms with Gasteiger partial charge < -0.3 is 10.1 Å².